The van der Waals surface area contributed by atoms with E-state index in [1.807, 2.05) is 11.9 Å². The fourth-order valence-electron chi connectivity index (χ4n) is 1.06. The van der Waals surface area contributed by atoms with Gasteiger partial charge >= 0.3 is 0 Å². The van der Waals surface area contributed by atoms with E-state index in [0.29, 0.717) is 23.0 Å². The predicted octanol–water partition coefficient (Wildman–Crippen LogP) is 1.50. The van der Waals surface area contributed by atoms with Crippen LogP contribution in [0.2, 0.25) is 5.15 Å². The molecule has 86 valence electrons. The lowest BCUT2D eigenvalue weighted by Gasteiger charge is -2.16. The zero-order valence-electron chi connectivity index (χ0n) is 8.77. The van der Waals surface area contributed by atoms with Gasteiger partial charge in [0.15, 0.2) is 5.13 Å². The highest BCUT2D eigenvalue weighted by molar-refractivity contribution is 7.16. The Hall–Kier alpha value is -0.360. The van der Waals surface area contributed by atoms with Crippen LogP contribution in [0.5, 0.6) is 0 Å². The Balaban J connectivity index is 2.61. The molecule has 4 nitrogen and oxygen atoms in total. The summed E-state index contributed by atoms with van der Waals surface area (Å²) >= 11 is 7.19. The number of aliphatic hydroxyl groups is 2. The Morgan fingerprint density at radius 1 is 1.60 bits per heavy atom. The fraction of sp³-hybridized carbons (Fsp3) is 0.667. The molecule has 1 aromatic heterocycles. The first-order chi connectivity index (χ1) is 7.04. The standard InChI is InChI=1S/C9H15ClN2O2S/c1-6(14)3-4-12(2)9-11-8(10)7(5-13)15-9/h6,13-14H,3-5H2,1-2H3. The lowest BCUT2D eigenvalue weighted by molar-refractivity contribution is 0.187. The van der Waals surface area contributed by atoms with Gasteiger partial charge in [0.1, 0.15) is 5.15 Å². The van der Waals surface area contributed by atoms with Gasteiger partial charge in [-0.15, -0.1) is 0 Å². The van der Waals surface area contributed by atoms with E-state index < -0.39 is 0 Å². The van der Waals surface area contributed by atoms with Crippen LogP contribution < -0.4 is 4.90 Å². The van der Waals surface area contributed by atoms with Crippen molar-refractivity contribution in [3.8, 4) is 0 Å². The lowest BCUT2D eigenvalue weighted by Crippen LogP contribution is -2.21. The molecule has 0 saturated carbocycles. The van der Waals surface area contributed by atoms with Gasteiger partial charge in [-0.05, 0) is 13.3 Å². The maximum atomic E-state index is 9.14. The molecule has 1 atom stereocenters. The Morgan fingerprint density at radius 2 is 2.27 bits per heavy atom. The Morgan fingerprint density at radius 3 is 2.73 bits per heavy atom. The molecule has 0 aliphatic carbocycles. The molecule has 1 aromatic rings. The normalized spacial score (nSPS) is 12.9. The molecule has 1 rings (SSSR count). The number of hydrogen-bond donors (Lipinski definition) is 2. The molecule has 6 heteroatoms. The predicted molar refractivity (Wildman–Crippen MR) is 62.6 cm³/mol. The minimum atomic E-state index is -0.319. The number of anilines is 1. The molecule has 15 heavy (non-hydrogen) atoms. The summed E-state index contributed by atoms with van der Waals surface area (Å²) in [6, 6.07) is 0. The first kappa shape index (κ1) is 12.7. The van der Waals surface area contributed by atoms with Crippen LogP contribution in [-0.4, -0.2) is 34.9 Å². The molecule has 2 N–H and O–H groups in total. The summed E-state index contributed by atoms with van der Waals surface area (Å²) in [7, 11) is 1.89. The van der Waals surface area contributed by atoms with Gasteiger partial charge in [0.25, 0.3) is 0 Å². The number of rotatable bonds is 5. The minimum absolute atomic E-state index is 0.0826. The summed E-state index contributed by atoms with van der Waals surface area (Å²) in [6.07, 6.45) is 0.363. The lowest BCUT2D eigenvalue weighted by atomic mass is 10.3. The number of thiazole rings is 1. The third-order valence-electron chi connectivity index (χ3n) is 1.99. The second-order valence-corrected chi connectivity index (χ2v) is 4.85. The van der Waals surface area contributed by atoms with Crippen LogP contribution in [-0.2, 0) is 6.61 Å². The average molecular weight is 251 g/mol. The van der Waals surface area contributed by atoms with Gasteiger partial charge in [-0.25, -0.2) is 4.98 Å². The first-order valence-electron chi connectivity index (χ1n) is 4.70. The quantitative estimate of drug-likeness (QED) is 0.832. The summed E-state index contributed by atoms with van der Waals surface area (Å²) in [5.74, 6) is 0. The molecule has 1 unspecified atom stereocenters. The molecule has 0 bridgehead atoms. The third-order valence-corrected chi connectivity index (χ3v) is 3.57. The van der Waals surface area contributed by atoms with Crippen LogP contribution in [0.4, 0.5) is 5.13 Å². The highest BCUT2D eigenvalue weighted by Crippen LogP contribution is 2.28. The molecule has 0 aromatic carbocycles. The van der Waals surface area contributed by atoms with Crippen molar-refractivity contribution in [2.45, 2.75) is 26.1 Å². The van der Waals surface area contributed by atoms with Crippen molar-refractivity contribution in [2.24, 2.45) is 0 Å². The van der Waals surface area contributed by atoms with E-state index in [-0.39, 0.29) is 12.7 Å². The highest BCUT2D eigenvalue weighted by Gasteiger charge is 2.12. The minimum Gasteiger partial charge on any atom is -0.393 e. The maximum absolute atomic E-state index is 9.14. The van der Waals surface area contributed by atoms with E-state index in [9.17, 15) is 0 Å². The molecule has 0 fully saturated rings. The van der Waals surface area contributed by atoms with Crippen molar-refractivity contribution in [1.29, 1.82) is 0 Å². The van der Waals surface area contributed by atoms with Crippen LogP contribution in [0.3, 0.4) is 0 Å². The van der Waals surface area contributed by atoms with Crippen LogP contribution >= 0.6 is 22.9 Å². The van der Waals surface area contributed by atoms with Gasteiger partial charge < -0.3 is 15.1 Å². The summed E-state index contributed by atoms with van der Waals surface area (Å²) in [5.41, 5.74) is 0. The van der Waals surface area contributed by atoms with Crippen LogP contribution in [0.25, 0.3) is 0 Å². The molecule has 0 radical (unpaired) electrons. The van der Waals surface area contributed by atoms with E-state index in [2.05, 4.69) is 4.98 Å². The van der Waals surface area contributed by atoms with E-state index in [1.165, 1.54) is 11.3 Å². The van der Waals surface area contributed by atoms with Gasteiger partial charge in [0, 0.05) is 13.6 Å². The molecule has 0 aliphatic rings. The Kier molecular flexibility index (Phi) is 4.79. The van der Waals surface area contributed by atoms with E-state index >= 15 is 0 Å². The topological polar surface area (TPSA) is 56.6 Å². The second-order valence-electron chi connectivity index (χ2n) is 3.43. The Labute approximate surface area is 98.1 Å². The van der Waals surface area contributed by atoms with E-state index in [0.717, 1.165) is 5.13 Å². The van der Waals surface area contributed by atoms with Gasteiger partial charge in [0.05, 0.1) is 17.6 Å². The van der Waals surface area contributed by atoms with Gasteiger partial charge in [-0.1, -0.05) is 22.9 Å². The SMILES string of the molecule is CC(O)CCN(C)c1nc(Cl)c(CO)s1. The molecular weight excluding hydrogens is 236 g/mol. The number of aliphatic hydroxyl groups excluding tert-OH is 2. The fourth-order valence-corrected chi connectivity index (χ4v) is 2.16. The smallest absolute Gasteiger partial charge is 0.186 e. The number of nitrogens with zero attached hydrogens (tertiary/aromatic N) is 2. The molecule has 0 aliphatic heterocycles. The molecular formula is C9H15ClN2O2S. The monoisotopic (exact) mass is 250 g/mol. The van der Waals surface area contributed by atoms with Gasteiger partial charge in [-0.3, -0.25) is 0 Å². The Bertz CT molecular complexity index is 317. The van der Waals surface area contributed by atoms with Crippen molar-refractivity contribution in [3.63, 3.8) is 0 Å². The molecule has 1 heterocycles. The van der Waals surface area contributed by atoms with Gasteiger partial charge in [-0.2, -0.15) is 0 Å². The zero-order chi connectivity index (χ0) is 11.4. The first-order valence-corrected chi connectivity index (χ1v) is 5.89. The molecule has 0 saturated heterocycles. The van der Waals surface area contributed by atoms with Crippen molar-refractivity contribution >= 4 is 28.1 Å². The zero-order valence-corrected chi connectivity index (χ0v) is 10.3. The molecule has 0 amide bonds. The second kappa shape index (κ2) is 5.65. The number of hydrogen-bond acceptors (Lipinski definition) is 5. The van der Waals surface area contributed by atoms with Crippen molar-refractivity contribution < 1.29 is 10.2 Å². The third kappa shape index (κ3) is 3.61. The van der Waals surface area contributed by atoms with Crippen molar-refractivity contribution in [1.82, 2.24) is 4.98 Å². The van der Waals surface area contributed by atoms with Crippen LogP contribution in [0.15, 0.2) is 0 Å². The van der Waals surface area contributed by atoms with Crippen molar-refractivity contribution in [3.05, 3.63) is 10.0 Å². The number of halogens is 1. The largest absolute Gasteiger partial charge is 0.393 e. The summed E-state index contributed by atoms with van der Waals surface area (Å²) in [6.45, 7) is 2.38. The van der Waals surface area contributed by atoms with Crippen molar-refractivity contribution in [2.75, 3.05) is 18.5 Å². The van der Waals surface area contributed by atoms with Crippen LogP contribution in [0, 0.1) is 0 Å². The molecule has 0 spiro atoms. The number of aromatic nitrogens is 1. The average Bonchev–Trinajstić information content (AvgIpc) is 2.56. The summed E-state index contributed by atoms with van der Waals surface area (Å²) in [4.78, 5) is 6.72. The van der Waals surface area contributed by atoms with Gasteiger partial charge in [0.2, 0.25) is 0 Å². The summed E-state index contributed by atoms with van der Waals surface area (Å²) in [5, 5.41) is 19.2. The van der Waals surface area contributed by atoms with E-state index in [4.69, 9.17) is 21.8 Å². The van der Waals surface area contributed by atoms with Crippen LogP contribution in [0.1, 0.15) is 18.2 Å². The van der Waals surface area contributed by atoms with E-state index in [1.54, 1.807) is 6.92 Å². The summed E-state index contributed by atoms with van der Waals surface area (Å²) < 4.78 is 0. The maximum Gasteiger partial charge on any atom is 0.186 e. The highest BCUT2D eigenvalue weighted by atomic mass is 35.5.